The van der Waals surface area contributed by atoms with Crippen LogP contribution in [-0.4, -0.2) is 26.4 Å². The van der Waals surface area contributed by atoms with Gasteiger partial charge < -0.3 is 10.1 Å². The quantitative estimate of drug-likeness (QED) is 0.332. The standard InChI is InChI=1S/C27H28N4O2S/c1-20-13-14-24(15-21(20)2)33-18-25-29-30-27(31(25)17-23-11-7-4-8-12-23)34-19-26(32)28-16-22-9-5-3-6-10-22/h3-15H,16-19H2,1-2H3,(H,28,32). The third-order valence-electron chi connectivity index (χ3n) is 5.49. The van der Waals surface area contributed by atoms with Gasteiger partial charge in [-0.2, -0.15) is 0 Å². The lowest BCUT2D eigenvalue weighted by Gasteiger charge is -2.12. The number of thioether (sulfide) groups is 1. The Morgan fingerprint density at radius 2 is 1.62 bits per heavy atom. The number of ether oxygens (including phenoxy) is 1. The summed E-state index contributed by atoms with van der Waals surface area (Å²) in [4.78, 5) is 12.4. The highest BCUT2D eigenvalue weighted by Gasteiger charge is 2.15. The third-order valence-corrected chi connectivity index (χ3v) is 6.45. The first-order valence-corrected chi connectivity index (χ1v) is 12.2. The van der Waals surface area contributed by atoms with Gasteiger partial charge in [0.25, 0.3) is 0 Å². The zero-order valence-electron chi connectivity index (χ0n) is 19.4. The van der Waals surface area contributed by atoms with E-state index in [-0.39, 0.29) is 11.7 Å². The molecule has 0 atom stereocenters. The van der Waals surface area contributed by atoms with Crippen LogP contribution >= 0.6 is 11.8 Å². The van der Waals surface area contributed by atoms with E-state index >= 15 is 0 Å². The summed E-state index contributed by atoms with van der Waals surface area (Å²) in [6, 6.07) is 26.1. The Kier molecular flexibility index (Phi) is 7.99. The number of aryl methyl sites for hydroxylation is 2. The van der Waals surface area contributed by atoms with Crippen molar-refractivity contribution in [1.29, 1.82) is 0 Å². The fourth-order valence-electron chi connectivity index (χ4n) is 3.39. The van der Waals surface area contributed by atoms with Gasteiger partial charge in [-0.25, -0.2) is 0 Å². The number of amides is 1. The molecule has 0 aliphatic rings. The molecule has 1 heterocycles. The number of nitrogens with one attached hydrogen (secondary N) is 1. The average molecular weight is 473 g/mol. The molecule has 0 aliphatic carbocycles. The first-order valence-electron chi connectivity index (χ1n) is 11.2. The summed E-state index contributed by atoms with van der Waals surface area (Å²) in [5, 5.41) is 12.4. The van der Waals surface area contributed by atoms with Crippen molar-refractivity contribution in [3.8, 4) is 5.75 Å². The van der Waals surface area contributed by atoms with Crippen LogP contribution in [0.5, 0.6) is 5.75 Å². The number of carbonyl (C=O) groups is 1. The molecule has 7 heteroatoms. The van der Waals surface area contributed by atoms with E-state index in [1.54, 1.807) is 0 Å². The fourth-order valence-corrected chi connectivity index (χ4v) is 4.17. The number of nitrogens with zero attached hydrogens (tertiary/aromatic N) is 3. The van der Waals surface area contributed by atoms with Gasteiger partial charge >= 0.3 is 0 Å². The average Bonchev–Trinajstić information content (AvgIpc) is 3.24. The summed E-state index contributed by atoms with van der Waals surface area (Å²) in [6.07, 6.45) is 0. The largest absolute Gasteiger partial charge is 0.486 e. The molecular formula is C27H28N4O2S. The summed E-state index contributed by atoms with van der Waals surface area (Å²) < 4.78 is 8.04. The van der Waals surface area contributed by atoms with Crippen LogP contribution in [0.15, 0.2) is 84.0 Å². The molecule has 1 N–H and O–H groups in total. The van der Waals surface area contributed by atoms with Gasteiger partial charge in [-0.1, -0.05) is 78.5 Å². The Hall–Kier alpha value is -3.58. The van der Waals surface area contributed by atoms with E-state index in [9.17, 15) is 4.79 Å². The maximum atomic E-state index is 12.4. The van der Waals surface area contributed by atoms with Crippen molar-refractivity contribution in [3.05, 3.63) is 107 Å². The summed E-state index contributed by atoms with van der Waals surface area (Å²) in [6.45, 7) is 5.55. The van der Waals surface area contributed by atoms with Crippen LogP contribution < -0.4 is 10.1 Å². The Labute approximate surface area is 204 Å². The van der Waals surface area contributed by atoms with Crippen LogP contribution in [0.2, 0.25) is 0 Å². The zero-order chi connectivity index (χ0) is 23.8. The van der Waals surface area contributed by atoms with Gasteiger partial charge in [0.1, 0.15) is 12.4 Å². The number of aromatic nitrogens is 3. The van der Waals surface area contributed by atoms with Gasteiger partial charge in [0.2, 0.25) is 5.91 Å². The summed E-state index contributed by atoms with van der Waals surface area (Å²) in [5.74, 6) is 1.73. The number of carbonyl (C=O) groups excluding carboxylic acids is 1. The predicted octanol–water partition coefficient (Wildman–Crippen LogP) is 4.93. The second kappa shape index (κ2) is 11.5. The van der Waals surface area contributed by atoms with Crippen molar-refractivity contribution in [3.63, 3.8) is 0 Å². The number of benzene rings is 3. The van der Waals surface area contributed by atoms with Crippen molar-refractivity contribution < 1.29 is 9.53 Å². The lowest BCUT2D eigenvalue weighted by molar-refractivity contribution is -0.118. The molecule has 4 rings (SSSR count). The fraction of sp³-hybridized carbons (Fsp3) is 0.222. The molecule has 0 bridgehead atoms. The first kappa shape index (κ1) is 23.6. The van der Waals surface area contributed by atoms with Crippen LogP contribution in [0.4, 0.5) is 0 Å². The molecule has 0 radical (unpaired) electrons. The molecule has 0 unspecified atom stereocenters. The zero-order valence-corrected chi connectivity index (χ0v) is 20.2. The van der Waals surface area contributed by atoms with Gasteiger partial charge in [-0.3, -0.25) is 9.36 Å². The Morgan fingerprint density at radius 3 is 2.32 bits per heavy atom. The SMILES string of the molecule is Cc1ccc(OCc2nnc(SCC(=O)NCc3ccccc3)n2Cc2ccccc2)cc1C. The topological polar surface area (TPSA) is 69.0 Å². The van der Waals surface area contributed by atoms with Crippen molar-refractivity contribution in [2.45, 2.75) is 38.7 Å². The van der Waals surface area contributed by atoms with E-state index < -0.39 is 0 Å². The van der Waals surface area contributed by atoms with Crippen LogP contribution in [0.3, 0.4) is 0 Å². The predicted molar refractivity (Wildman–Crippen MR) is 135 cm³/mol. The van der Waals surface area contributed by atoms with E-state index in [2.05, 4.69) is 47.6 Å². The van der Waals surface area contributed by atoms with Gasteiger partial charge in [0, 0.05) is 6.54 Å². The van der Waals surface area contributed by atoms with Crippen molar-refractivity contribution in [2.75, 3.05) is 5.75 Å². The molecule has 0 fully saturated rings. The minimum Gasteiger partial charge on any atom is -0.486 e. The van der Waals surface area contributed by atoms with Gasteiger partial charge in [0.05, 0.1) is 12.3 Å². The molecule has 4 aromatic rings. The van der Waals surface area contributed by atoms with Crippen LogP contribution in [0, 0.1) is 13.8 Å². The summed E-state index contributed by atoms with van der Waals surface area (Å²) >= 11 is 1.38. The molecule has 34 heavy (non-hydrogen) atoms. The molecule has 0 saturated heterocycles. The smallest absolute Gasteiger partial charge is 0.230 e. The second-order valence-electron chi connectivity index (χ2n) is 8.06. The van der Waals surface area contributed by atoms with E-state index in [1.807, 2.05) is 65.2 Å². The number of hydrogen-bond acceptors (Lipinski definition) is 5. The third kappa shape index (κ3) is 6.48. The van der Waals surface area contributed by atoms with Crippen molar-refractivity contribution >= 4 is 17.7 Å². The number of hydrogen-bond donors (Lipinski definition) is 1. The summed E-state index contributed by atoms with van der Waals surface area (Å²) in [7, 11) is 0. The number of rotatable bonds is 10. The molecule has 0 aliphatic heterocycles. The second-order valence-corrected chi connectivity index (χ2v) is 9.00. The normalized spacial score (nSPS) is 10.8. The molecule has 1 aromatic heterocycles. The summed E-state index contributed by atoms with van der Waals surface area (Å²) in [5.41, 5.74) is 4.61. The molecule has 3 aromatic carbocycles. The van der Waals surface area contributed by atoms with E-state index in [1.165, 1.54) is 22.9 Å². The maximum absolute atomic E-state index is 12.4. The van der Waals surface area contributed by atoms with Crippen LogP contribution in [0.1, 0.15) is 28.1 Å². The molecule has 6 nitrogen and oxygen atoms in total. The lowest BCUT2D eigenvalue weighted by Crippen LogP contribution is -2.24. The highest BCUT2D eigenvalue weighted by Crippen LogP contribution is 2.21. The Morgan fingerprint density at radius 1 is 0.912 bits per heavy atom. The van der Waals surface area contributed by atoms with E-state index in [4.69, 9.17) is 4.74 Å². The Balaban J connectivity index is 1.43. The molecule has 174 valence electrons. The Bertz CT molecular complexity index is 1230. The van der Waals surface area contributed by atoms with Crippen LogP contribution in [0.25, 0.3) is 0 Å². The highest BCUT2D eigenvalue weighted by atomic mass is 32.2. The first-order chi connectivity index (χ1) is 16.6. The van der Waals surface area contributed by atoms with Crippen molar-refractivity contribution in [1.82, 2.24) is 20.1 Å². The molecule has 0 spiro atoms. The molecular weight excluding hydrogens is 444 g/mol. The van der Waals surface area contributed by atoms with Crippen LogP contribution in [-0.2, 0) is 24.5 Å². The van der Waals surface area contributed by atoms with E-state index in [0.29, 0.717) is 30.7 Å². The molecule has 0 saturated carbocycles. The monoisotopic (exact) mass is 472 g/mol. The molecule has 1 amide bonds. The van der Waals surface area contributed by atoms with Gasteiger partial charge in [-0.15, -0.1) is 10.2 Å². The van der Waals surface area contributed by atoms with Gasteiger partial charge in [-0.05, 0) is 48.2 Å². The van der Waals surface area contributed by atoms with Gasteiger partial charge in [0.15, 0.2) is 11.0 Å². The van der Waals surface area contributed by atoms with Crippen molar-refractivity contribution in [2.24, 2.45) is 0 Å². The van der Waals surface area contributed by atoms with E-state index in [0.717, 1.165) is 16.9 Å². The lowest BCUT2D eigenvalue weighted by atomic mass is 10.1. The minimum absolute atomic E-state index is 0.0453. The minimum atomic E-state index is -0.0453. The highest BCUT2D eigenvalue weighted by molar-refractivity contribution is 7.99. The maximum Gasteiger partial charge on any atom is 0.230 e.